The zero-order valence-electron chi connectivity index (χ0n) is 13.1. The van der Waals surface area contributed by atoms with Gasteiger partial charge in [-0.15, -0.1) is 5.10 Å². The summed E-state index contributed by atoms with van der Waals surface area (Å²) >= 11 is 5.85. The van der Waals surface area contributed by atoms with E-state index in [1.165, 1.54) is 18.1 Å². The van der Waals surface area contributed by atoms with E-state index in [-0.39, 0.29) is 5.82 Å². The fraction of sp³-hybridized carbons (Fsp3) is 0.0588. The molecule has 0 bridgehead atoms. The fourth-order valence-corrected chi connectivity index (χ4v) is 2.21. The normalized spacial score (nSPS) is 10.3. The van der Waals surface area contributed by atoms with Crippen LogP contribution in [-0.4, -0.2) is 33.8 Å². The highest BCUT2D eigenvalue weighted by molar-refractivity contribution is 6.30. The average molecular weight is 357 g/mol. The van der Waals surface area contributed by atoms with Crippen molar-refractivity contribution in [2.45, 2.75) is 0 Å². The zero-order valence-corrected chi connectivity index (χ0v) is 13.9. The third kappa shape index (κ3) is 3.84. The maximum Gasteiger partial charge on any atom is 0.337 e. The molecule has 0 fully saturated rings. The Bertz CT molecular complexity index is 904. The van der Waals surface area contributed by atoms with Crippen molar-refractivity contribution in [2.75, 3.05) is 12.4 Å². The summed E-state index contributed by atoms with van der Waals surface area (Å²) in [5.74, 6) is -0.883. The molecule has 1 N–H and O–H groups in total. The van der Waals surface area contributed by atoms with Crippen LogP contribution in [0.3, 0.4) is 0 Å². The molecule has 0 aliphatic heterocycles. The second-order valence-corrected chi connectivity index (χ2v) is 5.45. The van der Waals surface area contributed by atoms with Crippen LogP contribution in [-0.2, 0) is 4.74 Å². The molecule has 0 saturated carbocycles. The monoisotopic (exact) mass is 356 g/mol. The van der Waals surface area contributed by atoms with Crippen molar-refractivity contribution in [3.8, 4) is 5.69 Å². The molecule has 0 aliphatic carbocycles. The highest BCUT2D eigenvalue weighted by atomic mass is 35.5. The smallest absolute Gasteiger partial charge is 0.337 e. The first-order chi connectivity index (χ1) is 12.1. The van der Waals surface area contributed by atoms with Crippen LogP contribution in [0, 0.1) is 0 Å². The maximum atomic E-state index is 12.2. The van der Waals surface area contributed by atoms with E-state index in [1.54, 1.807) is 48.5 Å². The Morgan fingerprint density at radius 2 is 1.76 bits per heavy atom. The first-order valence-electron chi connectivity index (χ1n) is 7.24. The van der Waals surface area contributed by atoms with Gasteiger partial charge in [-0.2, -0.15) is 0 Å². The highest BCUT2D eigenvalue weighted by Crippen LogP contribution is 2.14. The number of hydrogen-bond donors (Lipinski definition) is 1. The lowest BCUT2D eigenvalue weighted by molar-refractivity contribution is 0.0600. The zero-order chi connectivity index (χ0) is 17.8. The number of rotatable bonds is 4. The number of methoxy groups -OCH3 is 1. The average Bonchev–Trinajstić information content (AvgIpc) is 3.12. The van der Waals surface area contributed by atoms with E-state index in [1.807, 2.05) is 0 Å². The lowest BCUT2D eigenvalue weighted by Gasteiger charge is -2.04. The number of carbonyl (C=O) groups is 2. The number of nitrogens with one attached hydrogen (secondary N) is 1. The predicted octanol–water partition coefficient (Wildman–Crippen LogP) is 2.96. The van der Waals surface area contributed by atoms with Crippen LogP contribution in [0.5, 0.6) is 0 Å². The van der Waals surface area contributed by atoms with Gasteiger partial charge in [0.1, 0.15) is 6.33 Å². The number of hydrogen-bond acceptors (Lipinski definition) is 5. The third-order valence-corrected chi connectivity index (χ3v) is 3.60. The van der Waals surface area contributed by atoms with Gasteiger partial charge in [0.2, 0.25) is 5.82 Å². The first-order valence-corrected chi connectivity index (χ1v) is 7.62. The molecule has 3 aromatic rings. The predicted molar refractivity (Wildman–Crippen MR) is 92.1 cm³/mol. The first kappa shape index (κ1) is 16.7. The van der Waals surface area contributed by atoms with Crippen LogP contribution in [0.1, 0.15) is 21.0 Å². The molecule has 0 unspecified atom stereocenters. The standard InChI is InChI=1S/C17H13ClN4O3/c1-25-17(24)11-2-6-13(7-3-11)20-16(23)15-19-10-22(21-15)14-8-4-12(18)5-9-14/h2-10H,1H3,(H,20,23). The quantitative estimate of drug-likeness (QED) is 0.726. The Labute approximate surface area is 148 Å². The minimum absolute atomic E-state index is 0.0204. The number of benzene rings is 2. The second kappa shape index (κ2) is 7.14. The van der Waals surface area contributed by atoms with Crippen LogP contribution in [0.25, 0.3) is 5.69 Å². The van der Waals surface area contributed by atoms with E-state index in [0.717, 1.165) is 5.69 Å². The maximum absolute atomic E-state index is 12.2. The SMILES string of the molecule is COC(=O)c1ccc(NC(=O)c2ncn(-c3ccc(Cl)cc3)n2)cc1. The number of halogens is 1. The van der Waals surface area contributed by atoms with E-state index in [4.69, 9.17) is 11.6 Å². The van der Waals surface area contributed by atoms with Crippen molar-refractivity contribution in [3.05, 3.63) is 71.3 Å². The largest absolute Gasteiger partial charge is 0.465 e. The molecule has 25 heavy (non-hydrogen) atoms. The molecule has 0 radical (unpaired) electrons. The number of ether oxygens (including phenoxy) is 1. The summed E-state index contributed by atoms with van der Waals surface area (Å²) < 4.78 is 6.10. The van der Waals surface area contributed by atoms with Gasteiger partial charge in [0, 0.05) is 10.7 Å². The molecule has 8 heteroatoms. The Balaban J connectivity index is 1.71. The van der Waals surface area contributed by atoms with Crippen LogP contribution >= 0.6 is 11.6 Å². The van der Waals surface area contributed by atoms with Gasteiger partial charge in [-0.05, 0) is 48.5 Å². The molecule has 3 rings (SSSR count). The molecule has 2 aromatic carbocycles. The summed E-state index contributed by atoms with van der Waals surface area (Å²) in [5, 5.41) is 7.42. The molecule has 1 heterocycles. The van der Waals surface area contributed by atoms with Crippen LogP contribution in [0.15, 0.2) is 54.9 Å². The Kier molecular flexibility index (Phi) is 4.76. The van der Waals surface area contributed by atoms with Gasteiger partial charge in [0.05, 0.1) is 18.4 Å². The van der Waals surface area contributed by atoms with Gasteiger partial charge in [-0.1, -0.05) is 11.6 Å². The van der Waals surface area contributed by atoms with Crippen molar-refractivity contribution in [1.29, 1.82) is 0 Å². The van der Waals surface area contributed by atoms with E-state index < -0.39 is 11.9 Å². The molecule has 126 valence electrons. The van der Waals surface area contributed by atoms with Gasteiger partial charge < -0.3 is 10.1 Å². The topological polar surface area (TPSA) is 86.1 Å². The van der Waals surface area contributed by atoms with Gasteiger partial charge in [-0.3, -0.25) is 4.79 Å². The summed E-state index contributed by atoms with van der Waals surface area (Å²) in [4.78, 5) is 27.6. The number of carbonyl (C=O) groups excluding carboxylic acids is 2. The van der Waals surface area contributed by atoms with Crippen molar-refractivity contribution >= 4 is 29.2 Å². The Hall–Kier alpha value is -3.19. The molecule has 7 nitrogen and oxygen atoms in total. The number of nitrogens with zero attached hydrogens (tertiary/aromatic N) is 3. The van der Waals surface area contributed by atoms with Crippen molar-refractivity contribution in [1.82, 2.24) is 14.8 Å². The lowest BCUT2D eigenvalue weighted by atomic mass is 10.2. The van der Waals surface area contributed by atoms with Crippen LogP contribution in [0.4, 0.5) is 5.69 Å². The van der Waals surface area contributed by atoms with Gasteiger partial charge in [0.15, 0.2) is 0 Å². The van der Waals surface area contributed by atoms with E-state index >= 15 is 0 Å². The van der Waals surface area contributed by atoms with Gasteiger partial charge >= 0.3 is 5.97 Å². The highest BCUT2D eigenvalue weighted by Gasteiger charge is 2.13. The third-order valence-electron chi connectivity index (χ3n) is 3.35. The fourth-order valence-electron chi connectivity index (χ4n) is 2.08. The van der Waals surface area contributed by atoms with Crippen molar-refractivity contribution in [2.24, 2.45) is 0 Å². The molecule has 0 aliphatic rings. The van der Waals surface area contributed by atoms with Crippen LogP contribution < -0.4 is 5.32 Å². The van der Waals surface area contributed by atoms with Gasteiger partial charge in [0.25, 0.3) is 5.91 Å². The molecular weight excluding hydrogens is 344 g/mol. The second-order valence-electron chi connectivity index (χ2n) is 5.01. The van der Waals surface area contributed by atoms with E-state index in [9.17, 15) is 9.59 Å². The Morgan fingerprint density at radius 1 is 1.08 bits per heavy atom. The van der Waals surface area contributed by atoms with Crippen molar-refractivity contribution in [3.63, 3.8) is 0 Å². The minimum Gasteiger partial charge on any atom is -0.465 e. The number of esters is 1. The van der Waals surface area contributed by atoms with E-state index in [0.29, 0.717) is 16.3 Å². The van der Waals surface area contributed by atoms with E-state index in [2.05, 4.69) is 20.1 Å². The summed E-state index contributed by atoms with van der Waals surface area (Å²) in [5.41, 5.74) is 1.64. The Morgan fingerprint density at radius 3 is 2.40 bits per heavy atom. The molecule has 0 atom stereocenters. The summed E-state index contributed by atoms with van der Waals surface area (Å²) in [6, 6.07) is 13.3. The summed E-state index contributed by atoms with van der Waals surface area (Å²) in [6.45, 7) is 0. The summed E-state index contributed by atoms with van der Waals surface area (Å²) in [6.07, 6.45) is 1.44. The molecule has 0 saturated heterocycles. The van der Waals surface area contributed by atoms with Crippen LogP contribution in [0.2, 0.25) is 5.02 Å². The minimum atomic E-state index is -0.460. The van der Waals surface area contributed by atoms with Gasteiger partial charge in [-0.25, -0.2) is 14.5 Å². The number of amides is 1. The number of aromatic nitrogens is 3. The number of anilines is 1. The lowest BCUT2D eigenvalue weighted by Crippen LogP contribution is -2.14. The molecule has 1 aromatic heterocycles. The molecule has 1 amide bonds. The molecular formula is C17H13ClN4O3. The molecule has 0 spiro atoms. The summed E-state index contributed by atoms with van der Waals surface area (Å²) in [7, 11) is 1.31. The van der Waals surface area contributed by atoms with Crippen molar-refractivity contribution < 1.29 is 14.3 Å².